The Bertz CT molecular complexity index is 1230. The van der Waals surface area contributed by atoms with Gasteiger partial charge in [-0.3, -0.25) is 4.79 Å². The largest absolute Gasteiger partial charge is 0.486 e. The zero-order valence-electron chi connectivity index (χ0n) is 18.0. The van der Waals surface area contributed by atoms with Gasteiger partial charge < -0.3 is 14.4 Å². The first-order valence-electron chi connectivity index (χ1n) is 11.0. The van der Waals surface area contributed by atoms with Crippen molar-refractivity contribution in [2.75, 3.05) is 32.8 Å². The van der Waals surface area contributed by atoms with Gasteiger partial charge in [-0.25, -0.2) is 18.1 Å². The Morgan fingerprint density at radius 3 is 2.64 bits per heavy atom. The van der Waals surface area contributed by atoms with Crippen molar-refractivity contribution in [3.63, 3.8) is 0 Å². The van der Waals surface area contributed by atoms with E-state index in [1.807, 2.05) is 23.1 Å². The molecule has 0 atom stereocenters. The van der Waals surface area contributed by atoms with Gasteiger partial charge in [-0.15, -0.1) is 11.3 Å². The first-order valence-corrected chi connectivity index (χ1v) is 13.3. The standard InChI is InChI=1S/C23H25N3O5S2/c27-22(7-10-24-33(28,29)17-5-6-19-20(15-17)31-14-13-30-19)26-11-8-16(9-12-26)23-25-18-3-1-2-4-21(18)32-23/h1-6,15-16,24H,7-14H2. The number of hydrogen-bond donors (Lipinski definition) is 1. The maximum Gasteiger partial charge on any atom is 0.240 e. The lowest BCUT2D eigenvalue weighted by Crippen LogP contribution is -2.39. The van der Waals surface area contributed by atoms with E-state index in [2.05, 4.69) is 10.8 Å². The number of aromatic nitrogens is 1. The van der Waals surface area contributed by atoms with Crippen LogP contribution in [0.5, 0.6) is 11.5 Å². The van der Waals surface area contributed by atoms with Crippen LogP contribution in [-0.2, 0) is 14.8 Å². The third-order valence-electron chi connectivity index (χ3n) is 5.96. The van der Waals surface area contributed by atoms with Gasteiger partial charge in [0.05, 0.1) is 20.1 Å². The number of fused-ring (bicyclic) bond motifs is 2. The van der Waals surface area contributed by atoms with Crippen LogP contribution in [0.15, 0.2) is 47.4 Å². The second-order valence-corrected chi connectivity index (χ2v) is 11.0. The van der Waals surface area contributed by atoms with E-state index in [1.165, 1.54) is 16.8 Å². The Labute approximate surface area is 196 Å². The molecule has 2 aliphatic rings. The smallest absolute Gasteiger partial charge is 0.240 e. The summed E-state index contributed by atoms with van der Waals surface area (Å²) in [4.78, 5) is 19.3. The van der Waals surface area contributed by atoms with Crippen molar-refractivity contribution in [1.29, 1.82) is 0 Å². The van der Waals surface area contributed by atoms with Crippen LogP contribution < -0.4 is 14.2 Å². The van der Waals surface area contributed by atoms with Crippen LogP contribution in [0.2, 0.25) is 0 Å². The van der Waals surface area contributed by atoms with E-state index >= 15 is 0 Å². The van der Waals surface area contributed by atoms with Crippen LogP contribution in [0.25, 0.3) is 10.2 Å². The fourth-order valence-electron chi connectivity index (χ4n) is 4.17. The summed E-state index contributed by atoms with van der Waals surface area (Å²) in [5, 5.41) is 1.13. The highest BCUT2D eigenvalue weighted by atomic mass is 32.2. The molecule has 0 unspecified atom stereocenters. The van der Waals surface area contributed by atoms with Gasteiger partial charge in [0.15, 0.2) is 11.5 Å². The molecular formula is C23H25N3O5S2. The van der Waals surface area contributed by atoms with Gasteiger partial charge in [0.25, 0.3) is 0 Å². The number of piperidine rings is 1. The lowest BCUT2D eigenvalue weighted by Gasteiger charge is -2.31. The van der Waals surface area contributed by atoms with Gasteiger partial charge in [0, 0.05) is 38.0 Å². The monoisotopic (exact) mass is 487 g/mol. The zero-order valence-corrected chi connectivity index (χ0v) is 19.7. The molecule has 1 aromatic heterocycles. The zero-order chi connectivity index (χ0) is 22.8. The van der Waals surface area contributed by atoms with E-state index in [0.29, 0.717) is 43.7 Å². The van der Waals surface area contributed by atoms with Crippen molar-refractivity contribution >= 4 is 37.5 Å². The SMILES string of the molecule is O=C(CCNS(=O)(=O)c1ccc2c(c1)OCCO2)N1CCC(c2nc3ccccc3s2)CC1. The first-order chi connectivity index (χ1) is 16.0. The predicted molar refractivity (Wildman–Crippen MR) is 125 cm³/mol. The van der Waals surface area contributed by atoms with Gasteiger partial charge in [-0.2, -0.15) is 0 Å². The van der Waals surface area contributed by atoms with E-state index in [9.17, 15) is 13.2 Å². The fraction of sp³-hybridized carbons (Fsp3) is 0.391. The Kier molecular flexibility index (Phi) is 6.22. The van der Waals surface area contributed by atoms with Crippen molar-refractivity contribution in [2.45, 2.75) is 30.1 Å². The number of nitrogens with one attached hydrogen (secondary N) is 1. The summed E-state index contributed by atoms with van der Waals surface area (Å²) in [5.41, 5.74) is 1.03. The van der Waals surface area contributed by atoms with E-state index in [1.54, 1.807) is 17.4 Å². The van der Waals surface area contributed by atoms with Gasteiger partial charge in [0.1, 0.15) is 13.2 Å². The number of amides is 1. The highest BCUT2D eigenvalue weighted by molar-refractivity contribution is 7.89. The minimum atomic E-state index is -3.74. The molecule has 5 rings (SSSR count). The minimum Gasteiger partial charge on any atom is -0.486 e. The Morgan fingerprint density at radius 1 is 1.09 bits per heavy atom. The molecule has 0 bridgehead atoms. The fourth-order valence-corrected chi connectivity index (χ4v) is 6.35. The molecule has 3 aromatic rings. The number of thiazole rings is 1. The second-order valence-electron chi connectivity index (χ2n) is 8.13. The van der Waals surface area contributed by atoms with Crippen molar-refractivity contribution < 1.29 is 22.7 Å². The maximum absolute atomic E-state index is 12.6. The molecule has 1 fully saturated rings. The molecule has 0 radical (unpaired) electrons. The Balaban J connectivity index is 1.12. The Morgan fingerprint density at radius 2 is 1.85 bits per heavy atom. The van der Waals surface area contributed by atoms with Gasteiger partial charge >= 0.3 is 0 Å². The molecular weight excluding hydrogens is 462 g/mol. The molecule has 1 saturated heterocycles. The molecule has 0 saturated carbocycles. The van der Waals surface area contributed by atoms with Crippen molar-refractivity contribution in [1.82, 2.24) is 14.6 Å². The number of carbonyl (C=O) groups excluding carboxylic acids is 1. The molecule has 3 heterocycles. The third-order valence-corrected chi connectivity index (χ3v) is 8.62. The third kappa shape index (κ3) is 4.83. The number of hydrogen-bond acceptors (Lipinski definition) is 7. The highest BCUT2D eigenvalue weighted by Gasteiger charge is 2.26. The van der Waals surface area contributed by atoms with E-state index in [0.717, 1.165) is 23.4 Å². The van der Waals surface area contributed by atoms with Crippen LogP contribution in [0.1, 0.15) is 30.2 Å². The summed E-state index contributed by atoms with van der Waals surface area (Å²) in [7, 11) is -3.74. The molecule has 174 valence electrons. The second kappa shape index (κ2) is 9.28. The number of nitrogens with zero attached hydrogens (tertiary/aromatic N) is 2. The number of benzene rings is 2. The number of para-hydroxylation sites is 1. The number of rotatable bonds is 6. The first kappa shape index (κ1) is 22.1. The van der Waals surface area contributed by atoms with Crippen LogP contribution in [0, 0.1) is 0 Å². The quantitative estimate of drug-likeness (QED) is 0.574. The van der Waals surface area contributed by atoms with E-state index < -0.39 is 10.0 Å². The van der Waals surface area contributed by atoms with Gasteiger partial charge in [-0.05, 0) is 37.1 Å². The van der Waals surface area contributed by atoms with Crippen LogP contribution in [0.4, 0.5) is 0 Å². The summed E-state index contributed by atoms with van der Waals surface area (Å²) in [6, 6.07) is 12.6. The molecule has 1 amide bonds. The normalized spacial score (nSPS) is 16.8. The lowest BCUT2D eigenvalue weighted by atomic mass is 9.97. The topological polar surface area (TPSA) is 97.8 Å². The molecule has 0 aliphatic carbocycles. The average Bonchev–Trinajstić information content (AvgIpc) is 3.28. The van der Waals surface area contributed by atoms with E-state index in [4.69, 9.17) is 14.5 Å². The van der Waals surface area contributed by atoms with E-state index in [-0.39, 0.29) is 23.8 Å². The highest BCUT2D eigenvalue weighted by Crippen LogP contribution is 2.34. The molecule has 8 nitrogen and oxygen atoms in total. The van der Waals surface area contributed by atoms with Crippen molar-refractivity contribution in [3.05, 3.63) is 47.5 Å². The van der Waals surface area contributed by atoms with Gasteiger partial charge in [0.2, 0.25) is 15.9 Å². The Hall–Kier alpha value is -2.69. The summed E-state index contributed by atoms with van der Waals surface area (Å²) in [6.45, 7) is 2.20. The van der Waals surface area contributed by atoms with Crippen LogP contribution >= 0.6 is 11.3 Å². The predicted octanol–water partition coefficient (Wildman–Crippen LogP) is 3.14. The number of ether oxygens (including phenoxy) is 2. The maximum atomic E-state index is 12.6. The summed E-state index contributed by atoms with van der Waals surface area (Å²) in [5.74, 6) is 1.27. The van der Waals surface area contributed by atoms with Crippen LogP contribution in [0.3, 0.4) is 0 Å². The van der Waals surface area contributed by atoms with Gasteiger partial charge in [-0.1, -0.05) is 12.1 Å². The molecule has 2 aromatic carbocycles. The molecule has 10 heteroatoms. The lowest BCUT2D eigenvalue weighted by molar-refractivity contribution is -0.132. The number of likely N-dealkylation sites (tertiary alicyclic amines) is 1. The van der Waals surface area contributed by atoms with Crippen molar-refractivity contribution in [3.8, 4) is 11.5 Å². The summed E-state index contributed by atoms with van der Waals surface area (Å²) in [6.07, 6.45) is 1.86. The minimum absolute atomic E-state index is 0.0392. The molecule has 0 spiro atoms. The number of carbonyl (C=O) groups is 1. The molecule has 1 N–H and O–H groups in total. The molecule has 33 heavy (non-hydrogen) atoms. The van der Waals surface area contributed by atoms with Crippen molar-refractivity contribution in [2.24, 2.45) is 0 Å². The molecule has 2 aliphatic heterocycles. The average molecular weight is 488 g/mol. The summed E-state index contributed by atoms with van der Waals surface area (Å²) >= 11 is 1.73. The summed E-state index contributed by atoms with van der Waals surface area (Å²) < 4.78 is 39.8. The van der Waals surface area contributed by atoms with Crippen LogP contribution in [-0.4, -0.2) is 57.1 Å². The number of sulfonamides is 1.